The van der Waals surface area contributed by atoms with Crippen molar-refractivity contribution in [3.8, 4) is 11.5 Å². The topological polar surface area (TPSA) is 44.5 Å². The maximum atomic E-state index is 11.9. The smallest absolute Gasteiger partial charge is 0.429 e. The molecule has 0 atom stereocenters. The van der Waals surface area contributed by atoms with Gasteiger partial charge in [0.15, 0.2) is 11.5 Å². The van der Waals surface area contributed by atoms with Crippen molar-refractivity contribution in [1.29, 1.82) is 0 Å². The molecule has 0 aliphatic carbocycles. The van der Waals surface area contributed by atoms with Crippen LogP contribution in [-0.4, -0.2) is 13.0 Å². The molecule has 0 aliphatic heterocycles. The summed E-state index contributed by atoms with van der Waals surface area (Å²) >= 11 is 0. The predicted molar refractivity (Wildman–Crippen MR) is 44.2 cm³/mol. The van der Waals surface area contributed by atoms with Crippen LogP contribution in [0.15, 0.2) is 18.2 Å². The minimum atomic E-state index is -5.01. The fourth-order valence-electron chi connectivity index (χ4n) is 0.953. The SMILES string of the molecule is Nc1cccc(OC(F)(F)F)c1OC(F)F. The van der Waals surface area contributed by atoms with Crippen molar-refractivity contribution >= 4 is 5.69 Å². The van der Waals surface area contributed by atoms with Crippen molar-refractivity contribution in [2.45, 2.75) is 13.0 Å². The van der Waals surface area contributed by atoms with Gasteiger partial charge in [0.2, 0.25) is 0 Å². The van der Waals surface area contributed by atoms with Gasteiger partial charge in [0, 0.05) is 0 Å². The van der Waals surface area contributed by atoms with E-state index in [0.29, 0.717) is 0 Å². The standard InChI is InChI=1S/C8H6F5NO2/c9-7(10)15-6-4(14)2-1-3-5(6)16-8(11,12)13/h1-3,7H,14H2. The number of hydrogen-bond acceptors (Lipinski definition) is 3. The van der Waals surface area contributed by atoms with Gasteiger partial charge in [-0.05, 0) is 12.1 Å². The number of alkyl halides is 5. The third-order valence-corrected chi connectivity index (χ3v) is 1.44. The van der Waals surface area contributed by atoms with Crippen molar-refractivity contribution in [3.63, 3.8) is 0 Å². The van der Waals surface area contributed by atoms with E-state index in [9.17, 15) is 22.0 Å². The Kier molecular flexibility index (Phi) is 3.41. The Morgan fingerprint density at radius 1 is 1.19 bits per heavy atom. The molecule has 0 spiro atoms. The van der Waals surface area contributed by atoms with Gasteiger partial charge >= 0.3 is 13.0 Å². The lowest BCUT2D eigenvalue weighted by Gasteiger charge is -2.14. The van der Waals surface area contributed by atoms with E-state index < -0.39 is 24.5 Å². The zero-order chi connectivity index (χ0) is 12.3. The highest BCUT2D eigenvalue weighted by Gasteiger charge is 2.33. The van der Waals surface area contributed by atoms with Gasteiger partial charge in [-0.25, -0.2) is 0 Å². The summed E-state index contributed by atoms with van der Waals surface area (Å²) in [7, 11) is 0. The van der Waals surface area contributed by atoms with Gasteiger partial charge in [-0.15, -0.1) is 13.2 Å². The average Bonchev–Trinajstić information content (AvgIpc) is 2.08. The molecule has 0 aromatic heterocycles. The number of anilines is 1. The second-order valence-electron chi connectivity index (χ2n) is 2.60. The minimum Gasteiger partial charge on any atom is -0.429 e. The second kappa shape index (κ2) is 4.42. The molecule has 90 valence electrons. The van der Waals surface area contributed by atoms with Crippen LogP contribution in [0.2, 0.25) is 0 Å². The quantitative estimate of drug-likeness (QED) is 0.655. The Bertz CT molecular complexity index is 366. The zero-order valence-corrected chi connectivity index (χ0v) is 7.59. The van der Waals surface area contributed by atoms with E-state index in [1.807, 2.05) is 0 Å². The molecule has 0 amide bonds. The van der Waals surface area contributed by atoms with Gasteiger partial charge in [-0.3, -0.25) is 0 Å². The van der Waals surface area contributed by atoms with E-state index >= 15 is 0 Å². The highest BCUT2D eigenvalue weighted by atomic mass is 19.4. The molecule has 1 rings (SSSR count). The third-order valence-electron chi connectivity index (χ3n) is 1.44. The molecule has 0 bridgehead atoms. The summed E-state index contributed by atoms with van der Waals surface area (Å²) in [6.07, 6.45) is -5.01. The van der Waals surface area contributed by atoms with Crippen LogP contribution >= 0.6 is 0 Å². The highest BCUT2D eigenvalue weighted by molar-refractivity contribution is 5.60. The summed E-state index contributed by atoms with van der Waals surface area (Å²) in [5.74, 6) is -1.75. The van der Waals surface area contributed by atoms with E-state index in [-0.39, 0.29) is 5.69 Å². The van der Waals surface area contributed by atoms with Crippen LogP contribution < -0.4 is 15.2 Å². The number of nitrogens with two attached hydrogens (primary N) is 1. The van der Waals surface area contributed by atoms with E-state index in [1.165, 1.54) is 0 Å². The van der Waals surface area contributed by atoms with Crippen LogP contribution in [0, 0.1) is 0 Å². The molecule has 0 saturated heterocycles. The van der Waals surface area contributed by atoms with Gasteiger partial charge in [-0.2, -0.15) is 8.78 Å². The van der Waals surface area contributed by atoms with Gasteiger partial charge in [0.1, 0.15) is 0 Å². The fourth-order valence-corrected chi connectivity index (χ4v) is 0.953. The normalized spacial score (nSPS) is 11.6. The predicted octanol–water partition coefficient (Wildman–Crippen LogP) is 2.77. The number of benzene rings is 1. The van der Waals surface area contributed by atoms with Crippen molar-refractivity contribution in [2.24, 2.45) is 0 Å². The lowest BCUT2D eigenvalue weighted by Crippen LogP contribution is -2.18. The number of ether oxygens (including phenoxy) is 2. The number of rotatable bonds is 3. The molecule has 16 heavy (non-hydrogen) atoms. The van der Waals surface area contributed by atoms with E-state index in [0.717, 1.165) is 18.2 Å². The molecule has 0 aliphatic rings. The summed E-state index contributed by atoms with van der Waals surface area (Å²) in [6.45, 7) is -3.29. The monoisotopic (exact) mass is 243 g/mol. The first-order chi connectivity index (χ1) is 7.29. The van der Waals surface area contributed by atoms with Crippen LogP contribution in [-0.2, 0) is 0 Å². The van der Waals surface area contributed by atoms with Crippen LogP contribution in [0.25, 0.3) is 0 Å². The minimum absolute atomic E-state index is 0.373. The molecule has 1 aromatic carbocycles. The Morgan fingerprint density at radius 3 is 2.31 bits per heavy atom. The number of nitrogen functional groups attached to an aromatic ring is 1. The Balaban J connectivity index is 3.03. The summed E-state index contributed by atoms with van der Waals surface area (Å²) in [5, 5.41) is 0. The summed E-state index contributed by atoms with van der Waals surface area (Å²) < 4.78 is 66.8. The van der Waals surface area contributed by atoms with Crippen molar-refractivity contribution in [2.75, 3.05) is 5.73 Å². The van der Waals surface area contributed by atoms with Crippen molar-refractivity contribution in [1.82, 2.24) is 0 Å². The van der Waals surface area contributed by atoms with Crippen LogP contribution in [0.4, 0.5) is 27.6 Å². The van der Waals surface area contributed by atoms with Crippen molar-refractivity contribution in [3.05, 3.63) is 18.2 Å². The van der Waals surface area contributed by atoms with Gasteiger partial charge in [0.05, 0.1) is 5.69 Å². The second-order valence-corrected chi connectivity index (χ2v) is 2.60. The highest BCUT2D eigenvalue weighted by Crippen LogP contribution is 2.37. The molecule has 0 saturated carbocycles. The van der Waals surface area contributed by atoms with Crippen LogP contribution in [0.5, 0.6) is 11.5 Å². The third kappa shape index (κ3) is 3.44. The summed E-state index contributed by atoms with van der Waals surface area (Å²) in [5.41, 5.74) is 4.81. The van der Waals surface area contributed by atoms with E-state index in [2.05, 4.69) is 9.47 Å². The molecule has 0 heterocycles. The number of halogens is 5. The van der Waals surface area contributed by atoms with E-state index in [1.54, 1.807) is 0 Å². The Morgan fingerprint density at radius 2 is 1.81 bits per heavy atom. The summed E-state index contributed by atoms with van der Waals surface area (Å²) in [6, 6.07) is 3.05. The molecule has 1 aromatic rings. The number of para-hydroxylation sites is 1. The molecule has 0 unspecified atom stereocenters. The fraction of sp³-hybridized carbons (Fsp3) is 0.250. The maximum absolute atomic E-state index is 11.9. The average molecular weight is 243 g/mol. The zero-order valence-electron chi connectivity index (χ0n) is 7.59. The Hall–Kier alpha value is -1.73. The van der Waals surface area contributed by atoms with Crippen LogP contribution in [0.3, 0.4) is 0 Å². The molecule has 0 fully saturated rings. The first-order valence-corrected chi connectivity index (χ1v) is 3.88. The first kappa shape index (κ1) is 12.3. The van der Waals surface area contributed by atoms with Gasteiger partial charge in [-0.1, -0.05) is 6.07 Å². The molecule has 0 radical (unpaired) electrons. The lowest BCUT2D eigenvalue weighted by atomic mass is 10.3. The molecule has 8 heteroatoms. The lowest BCUT2D eigenvalue weighted by molar-refractivity contribution is -0.275. The van der Waals surface area contributed by atoms with E-state index in [4.69, 9.17) is 5.73 Å². The largest absolute Gasteiger partial charge is 0.573 e. The maximum Gasteiger partial charge on any atom is 0.573 e. The Labute approximate surface area is 86.6 Å². The van der Waals surface area contributed by atoms with Gasteiger partial charge < -0.3 is 15.2 Å². The molecule has 3 nitrogen and oxygen atoms in total. The summed E-state index contributed by atoms with van der Waals surface area (Å²) in [4.78, 5) is 0. The molecular weight excluding hydrogens is 237 g/mol. The van der Waals surface area contributed by atoms with Crippen molar-refractivity contribution < 1.29 is 31.4 Å². The molecular formula is C8H6F5NO2. The number of hydrogen-bond donors (Lipinski definition) is 1. The molecule has 2 N–H and O–H groups in total. The van der Waals surface area contributed by atoms with Crippen LogP contribution in [0.1, 0.15) is 0 Å². The van der Waals surface area contributed by atoms with Gasteiger partial charge in [0.25, 0.3) is 0 Å². The first-order valence-electron chi connectivity index (χ1n) is 3.88.